The predicted molar refractivity (Wildman–Crippen MR) is 73.6 cm³/mol. The highest BCUT2D eigenvalue weighted by Crippen LogP contribution is 2.32. The summed E-state index contributed by atoms with van der Waals surface area (Å²) >= 11 is 0. The molecule has 4 aromatic rings. The average molecular weight is 233 g/mol. The van der Waals surface area contributed by atoms with E-state index in [0.29, 0.717) is 0 Å². The minimum absolute atomic E-state index is 0.992. The standard InChI is InChI=1S/C15H11N3/c1-9-8-12-15(17-7-6-16-12)13-10-4-2-3-5-11(10)18-14(9)13/h2-8,16H,1H3. The summed E-state index contributed by atoms with van der Waals surface area (Å²) < 4.78 is 0. The van der Waals surface area contributed by atoms with Crippen LogP contribution in [-0.4, -0.2) is 15.0 Å². The number of aromatic amines is 1. The van der Waals surface area contributed by atoms with Gasteiger partial charge in [0, 0.05) is 23.2 Å². The highest BCUT2D eigenvalue weighted by atomic mass is 14.8. The molecule has 0 aliphatic heterocycles. The number of hydrogen-bond acceptors (Lipinski definition) is 2. The van der Waals surface area contributed by atoms with Crippen molar-refractivity contribution in [2.45, 2.75) is 6.92 Å². The summed E-state index contributed by atoms with van der Waals surface area (Å²) in [5.74, 6) is 0. The summed E-state index contributed by atoms with van der Waals surface area (Å²) in [6, 6.07) is 10.3. The van der Waals surface area contributed by atoms with Gasteiger partial charge in [0.2, 0.25) is 0 Å². The van der Waals surface area contributed by atoms with Gasteiger partial charge >= 0.3 is 0 Å². The van der Waals surface area contributed by atoms with E-state index in [1.807, 2.05) is 24.4 Å². The minimum atomic E-state index is 0.992. The zero-order valence-electron chi connectivity index (χ0n) is 9.94. The van der Waals surface area contributed by atoms with Crippen LogP contribution in [-0.2, 0) is 0 Å². The molecule has 0 aliphatic rings. The highest BCUT2D eigenvalue weighted by Gasteiger charge is 2.12. The Bertz CT molecular complexity index is 890. The number of H-pyrrole nitrogens is 1. The van der Waals surface area contributed by atoms with E-state index in [1.165, 1.54) is 10.9 Å². The lowest BCUT2D eigenvalue weighted by molar-refractivity contribution is 1.30. The normalized spacial score (nSPS) is 11.6. The van der Waals surface area contributed by atoms with Crippen molar-refractivity contribution in [1.82, 2.24) is 15.0 Å². The Morgan fingerprint density at radius 2 is 2.00 bits per heavy atom. The fourth-order valence-corrected chi connectivity index (χ4v) is 2.58. The number of aryl methyl sites for hydroxylation is 1. The van der Waals surface area contributed by atoms with Crippen LogP contribution in [0, 0.1) is 6.92 Å². The van der Waals surface area contributed by atoms with Gasteiger partial charge in [-0.25, -0.2) is 4.98 Å². The van der Waals surface area contributed by atoms with E-state index in [-0.39, 0.29) is 0 Å². The van der Waals surface area contributed by atoms with Gasteiger partial charge in [-0.1, -0.05) is 18.2 Å². The molecule has 1 N–H and O–H groups in total. The van der Waals surface area contributed by atoms with Crippen molar-refractivity contribution in [2.75, 3.05) is 0 Å². The molecule has 2 aromatic heterocycles. The second kappa shape index (κ2) is 3.29. The number of nitrogens with one attached hydrogen (secondary N) is 1. The predicted octanol–water partition coefficient (Wildman–Crippen LogP) is 3.57. The third-order valence-electron chi connectivity index (χ3n) is 3.39. The molecule has 0 aliphatic carbocycles. The molecule has 0 amide bonds. The van der Waals surface area contributed by atoms with Crippen molar-refractivity contribution in [1.29, 1.82) is 0 Å². The average Bonchev–Trinajstić information content (AvgIpc) is 2.79. The van der Waals surface area contributed by atoms with Gasteiger partial charge in [-0.2, -0.15) is 0 Å². The Hall–Kier alpha value is -2.42. The molecule has 0 atom stereocenters. The Balaban J connectivity index is 2.41. The molecule has 4 rings (SSSR count). The molecule has 0 saturated heterocycles. The molecule has 0 radical (unpaired) electrons. The largest absolute Gasteiger partial charge is 0.358 e. The molecule has 18 heavy (non-hydrogen) atoms. The van der Waals surface area contributed by atoms with Gasteiger partial charge in [0.15, 0.2) is 0 Å². The van der Waals surface area contributed by atoms with Crippen LogP contribution in [0.15, 0.2) is 42.7 Å². The van der Waals surface area contributed by atoms with E-state index in [0.717, 1.165) is 27.5 Å². The summed E-state index contributed by atoms with van der Waals surface area (Å²) in [6.07, 6.45) is 3.64. The van der Waals surface area contributed by atoms with E-state index in [2.05, 4.69) is 29.0 Å². The zero-order valence-corrected chi connectivity index (χ0v) is 9.94. The van der Waals surface area contributed by atoms with Crippen molar-refractivity contribution in [3.8, 4) is 0 Å². The molecule has 2 aromatic carbocycles. The summed E-state index contributed by atoms with van der Waals surface area (Å²) in [7, 11) is 0. The van der Waals surface area contributed by atoms with Crippen molar-refractivity contribution in [3.63, 3.8) is 0 Å². The van der Waals surface area contributed by atoms with E-state index < -0.39 is 0 Å². The van der Waals surface area contributed by atoms with Crippen LogP contribution in [0.2, 0.25) is 0 Å². The van der Waals surface area contributed by atoms with Gasteiger partial charge in [0.05, 0.1) is 22.1 Å². The first-order valence-corrected chi connectivity index (χ1v) is 5.96. The Labute approximate surface area is 103 Å². The molecule has 0 spiro atoms. The van der Waals surface area contributed by atoms with E-state index in [1.54, 1.807) is 6.20 Å². The maximum Gasteiger partial charge on any atom is 0.0965 e. The summed E-state index contributed by atoms with van der Waals surface area (Å²) in [4.78, 5) is 12.5. The van der Waals surface area contributed by atoms with Crippen LogP contribution in [0.3, 0.4) is 0 Å². The fraction of sp³-hybridized carbons (Fsp3) is 0.0667. The molecular formula is C15H11N3. The molecule has 0 fully saturated rings. The second-order valence-corrected chi connectivity index (χ2v) is 4.53. The summed E-state index contributed by atoms with van der Waals surface area (Å²) in [5.41, 5.74) is 5.31. The van der Waals surface area contributed by atoms with Gasteiger partial charge in [0.1, 0.15) is 0 Å². The highest BCUT2D eigenvalue weighted by molar-refractivity contribution is 6.19. The van der Waals surface area contributed by atoms with Crippen molar-refractivity contribution in [3.05, 3.63) is 48.3 Å². The van der Waals surface area contributed by atoms with E-state index >= 15 is 0 Å². The van der Waals surface area contributed by atoms with Crippen molar-refractivity contribution in [2.24, 2.45) is 0 Å². The maximum atomic E-state index is 4.71. The first-order valence-electron chi connectivity index (χ1n) is 5.96. The fourth-order valence-electron chi connectivity index (χ4n) is 2.58. The van der Waals surface area contributed by atoms with Crippen LogP contribution in [0.5, 0.6) is 0 Å². The number of para-hydroxylation sites is 1. The lowest BCUT2D eigenvalue weighted by atomic mass is 10.1. The first-order chi connectivity index (χ1) is 8.84. The lowest BCUT2D eigenvalue weighted by Gasteiger charge is -2.02. The number of rotatable bonds is 0. The van der Waals surface area contributed by atoms with E-state index in [9.17, 15) is 0 Å². The SMILES string of the molecule is Cc1cc2[nH]ccnc2c2c1nc1ccccc12. The second-order valence-electron chi connectivity index (χ2n) is 4.53. The minimum Gasteiger partial charge on any atom is -0.358 e. The van der Waals surface area contributed by atoms with Gasteiger partial charge in [-0.05, 0) is 24.6 Å². The van der Waals surface area contributed by atoms with Crippen LogP contribution in [0.25, 0.3) is 32.8 Å². The summed E-state index contributed by atoms with van der Waals surface area (Å²) in [5, 5.41) is 2.32. The Morgan fingerprint density at radius 3 is 2.94 bits per heavy atom. The van der Waals surface area contributed by atoms with Crippen LogP contribution < -0.4 is 0 Å². The Morgan fingerprint density at radius 1 is 1.11 bits per heavy atom. The lowest BCUT2D eigenvalue weighted by Crippen LogP contribution is -1.85. The number of benzene rings is 2. The molecule has 0 saturated carbocycles. The monoisotopic (exact) mass is 233 g/mol. The topological polar surface area (TPSA) is 41.6 Å². The molecule has 0 bridgehead atoms. The molecular weight excluding hydrogens is 222 g/mol. The Kier molecular flexibility index (Phi) is 1.75. The van der Waals surface area contributed by atoms with Crippen LogP contribution >= 0.6 is 0 Å². The molecule has 3 nitrogen and oxygen atoms in total. The van der Waals surface area contributed by atoms with Gasteiger partial charge in [0.25, 0.3) is 0 Å². The van der Waals surface area contributed by atoms with Gasteiger partial charge in [-0.3, -0.25) is 4.98 Å². The zero-order chi connectivity index (χ0) is 12.1. The quantitative estimate of drug-likeness (QED) is 0.504. The van der Waals surface area contributed by atoms with Crippen LogP contribution in [0.1, 0.15) is 5.56 Å². The summed E-state index contributed by atoms with van der Waals surface area (Å²) in [6.45, 7) is 2.09. The molecule has 86 valence electrons. The molecule has 2 heterocycles. The first kappa shape index (κ1) is 9.59. The number of aromatic nitrogens is 3. The number of nitrogens with zero attached hydrogens (tertiary/aromatic N) is 2. The van der Waals surface area contributed by atoms with Crippen molar-refractivity contribution >= 4 is 32.8 Å². The molecule has 3 heteroatoms. The van der Waals surface area contributed by atoms with Crippen LogP contribution in [0.4, 0.5) is 0 Å². The molecule has 0 unspecified atom stereocenters. The third-order valence-corrected chi connectivity index (χ3v) is 3.39. The van der Waals surface area contributed by atoms with E-state index in [4.69, 9.17) is 4.98 Å². The maximum absolute atomic E-state index is 4.71. The van der Waals surface area contributed by atoms with Gasteiger partial charge < -0.3 is 4.98 Å². The number of fused-ring (bicyclic) bond motifs is 5. The van der Waals surface area contributed by atoms with Crippen molar-refractivity contribution < 1.29 is 0 Å². The van der Waals surface area contributed by atoms with Gasteiger partial charge in [-0.15, -0.1) is 0 Å². The third kappa shape index (κ3) is 1.13. The smallest absolute Gasteiger partial charge is 0.0965 e. The number of hydrogen-bond donors (Lipinski definition) is 1.